The highest BCUT2D eigenvalue weighted by Gasteiger charge is 2.41. The fraction of sp³-hybridized carbons (Fsp3) is 0.522. The SMILES string of the molecule is Cc1ncsc1C(=O)N1CCCC(COc2cccc(Cl)c2)(CC(=O)N2CCOCC2)C1. The maximum absolute atomic E-state index is 13.2. The zero-order chi connectivity index (χ0) is 22.6. The molecule has 1 unspecified atom stereocenters. The van der Waals surface area contributed by atoms with Crippen LogP contribution in [0.15, 0.2) is 29.8 Å². The third-order valence-electron chi connectivity index (χ3n) is 6.12. The Labute approximate surface area is 197 Å². The van der Waals surface area contributed by atoms with Crippen molar-refractivity contribution >= 4 is 34.8 Å². The number of morpholine rings is 1. The van der Waals surface area contributed by atoms with Crippen LogP contribution >= 0.6 is 22.9 Å². The maximum atomic E-state index is 13.2. The van der Waals surface area contributed by atoms with Crippen LogP contribution < -0.4 is 4.74 Å². The average Bonchev–Trinajstić information content (AvgIpc) is 3.24. The van der Waals surface area contributed by atoms with E-state index in [-0.39, 0.29) is 11.8 Å². The van der Waals surface area contributed by atoms with Crippen LogP contribution in [0.5, 0.6) is 5.75 Å². The number of hydrogen-bond acceptors (Lipinski definition) is 6. The molecule has 2 aliphatic rings. The van der Waals surface area contributed by atoms with Crippen molar-refractivity contribution in [1.82, 2.24) is 14.8 Å². The number of aryl methyl sites for hydroxylation is 1. The Balaban J connectivity index is 1.53. The molecule has 2 fully saturated rings. The van der Waals surface area contributed by atoms with Crippen LogP contribution in [0.25, 0.3) is 0 Å². The van der Waals surface area contributed by atoms with Gasteiger partial charge in [0, 0.05) is 43.0 Å². The molecular weight excluding hydrogens is 450 g/mol. The van der Waals surface area contributed by atoms with Crippen LogP contribution in [-0.2, 0) is 9.53 Å². The van der Waals surface area contributed by atoms with E-state index >= 15 is 0 Å². The quantitative estimate of drug-likeness (QED) is 0.635. The van der Waals surface area contributed by atoms with Crippen LogP contribution in [0.1, 0.15) is 34.6 Å². The number of amides is 2. The van der Waals surface area contributed by atoms with E-state index in [1.165, 1.54) is 11.3 Å². The molecule has 1 atom stereocenters. The highest BCUT2D eigenvalue weighted by molar-refractivity contribution is 7.11. The van der Waals surface area contributed by atoms with Crippen LogP contribution in [0.2, 0.25) is 5.02 Å². The predicted octanol–water partition coefficient (Wildman–Crippen LogP) is 3.66. The van der Waals surface area contributed by atoms with Crippen LogP contribution in [-0.4, -0.2) is 72.6 Å². The van der Waals surface area contributed by atoms with Crippen molar-refractivity contribution in [3.8, 4) is 5.75 Å². The predicted molar refractivity (Wildman–Crippen MR) is 123 cm³/mol. The Bertz CT molecular complexity index is 962. The first kappa shape index (κ1) is 23.0. The fourth-order valence-electron chi connectivity index (χ4n) is 4.38. The van der Waals surface area contributed by atoms with E-state index in [1.54, 1.807) is 17.6 Å². The van der Waals surface area contributed by atoms with E-state index < -0.39 is 5.41 Å². The number of halogens is 1. The molecule has 3 heterocycles. The second kappa shape index (κ2) is 10.2. The zero-order valence-electron chi connectivity index (χ0n) is 18.2. The van der Waals surface area contributed by atoms with Gasteiger partial charge in [0.05, 0.1) is 31.0 Å². The Kier molecular flexibility index (Phi) is 7.33. The molecule has 7 nitrogen and oxygen atoms in total. The fourth-order valence-corrected chi connectivity index (χ4v) is 5.33. The molecule has 4 rings (SSSR count). The molecule has 9 heteroatoms. The number of rotatable bonds is 6. The topological polar surface area (TPSA) is 72.0 Å². The monoisotopic (exact) mass is 477 g/mol. The van der Waals surface area contributed by atoms with Crippen molar-refractivity contribution < 1.29 is 19.1 Å². The minimum atomic E-state index is -0.468. The summed E-state index contributed by atoms with van der Waals surface area (Å²) < 4.78 is 11.5. The van der Waals surface area contributed by atoms with Crippen molar-refractivity contribution in [3.05, 3.63) is 45.4 Å². The largest absolute Gasteiger partial charge is 0.493 e. The Morgan fingerprint density at radius 1 is 1.25 bits per heavy atom. The van der Waals surface area contributed by atoms with E-state index in [4.69, 9.17) is 21.1 Å². The summed E-state index contributed by atoms with van der Waals surface area (Å²) in [7, 11) is 0. The molecule has 1 aromatic carbocycles. The lowest BCUT2D eigenvalue weighted by molar-refractivity contribution is -0.139. The van der Waals surface area contributed by atoms with Gasteiger partial charge in [0.2, 0.25) is 5.91 Å². The molecule has 2 aromatic rings. The standard InChI is InChI=1S/C23H28ClN3O4S/c1-17-21(32-16-25-17)22(29)27-7-3-6-23(14-27,13-20(28)26-8-10-30-11-9-26)15-31-19-5-2-4-18(24)12-19/h2,4-5,12,16H,3,6-11,13-15H2,1H3. The van der Waals surface area contributed by atoms with Gasteiger partial charge in [-0.2, -0.15) is 0 Å². The summed E-state index contributed by atoms with van der Waals surface area (Å²) in [4.78, 5) is 35.0. The number of nitrogens with zero attached hydrogens (tertiary/aromatic N) is 3. The molecule has 1 aromatic heterocycles. The lowest BCUT2D eigenvalue weighted by Gasteiger charge is -2.43. The summed E-state index contributed by atoms with van der Waals surface area (Å²) in [6, 6.07) is 7.26. The van der Waals surface area contributed by atoms with Crippen molar-refractivity contribution in [2.45, 2.75) is 26.2 Å². The minimum Gasteiger partial charge on any atom is -0.493 e. The smallest absolute Gasteiger partial charge is 0.265 e. The van der Waals surface area contributed by atoms with Gasteiger partial charge in [0.25, 0.3) is 5.91 Å². The van der Waals surface area contributed by atoms with Gasteiger partial charge in [-0.3, -0.25) is 9.59 Å². The molecule has 0 spiro atoms. The molecule has 0 bridgehead atoms. The second-order valence-corrected chi connectivity index (χ2v) is 9.80. The van der Waals surface area contributed by atoms with Gasteiger partial charge in [-0.1, -0.05) is 17.7 Å². The van der Waals surface area contributed by atoms with E-state index in [1.807, 2.05) is 28.9 Å². The summed E-state index contributed by atoms with van der Waals surface area (Å²) in [5.74, 6) is 0.736. The zero-order valence-corrected chi connectivity index (χ0v) is 19.8. The first-order chi connectivity index (χ1) is 15.5. The Hall–Kier alpha value is -2.16. The lowest BCUT2D eigenvalue weighted by atomic mass is 9.77. The molecule has 0 radical (unpaired) electrons. The number of piperidine rings is 1. The van der Waals surface area contributed by atoms with Crippen LogP contribution in [0, 0.1) is 12.3 Å². The van der Waals surface area contributed by atoms with Gasteiger partial charge >= 0.3 is 0 Å². The molecule has 2 saturated heterocycles. The molecule has 172 valence electrons. The van der Waals surface area contributed by atoms with Gasteiger partial charge in [0.1, 0.15) is 10.6 Å². The molecule has 0 aliphatic carbocycles. The molecule has 2 aliphatic heterocycles. The number of hydrogen-bond donors (Lipinski definition) is 0. The lowest BCUT2D eigenvalue weighted by Crippen LogP contribution is -2.52. The highest BCUT2D eigenvalue weighted by Crippen LogP contribution is 2.36. The summed E-state index contributed by atoms with van der Waals surface area (Å²) in [5, 5.41) is 0.599. The number of carbonyl (C=O) groups excluding carboxylic acids is 2. The second-order valence-electron chi connectivity index (χ2n) is 8.51. The minimum absolute atomic E-state index is 0.0179. The third-order valence-corrected chi connectivity index (χ3v) is 7.27. The van der Waals surface area contributed by atoms with E-state index in [9.17, 15) is 9.59 Å². The van der Waals surface area contributed by atoms with Gasteiger partial charge in [0.15, 0.2) is 0 Å². The maximum Gasteiger partial charge on any atom is 0.265 e. The van der Waals surface area contributed by atoms with Crippen molar-refractivity contribution in [3.63, 3.8) is 0 Å². The number of aromatic nitrogens is 1. The first-order valence-corrected chi connectivity index (χ1v) is 12.1. The Morgan fingerprint density at radius 2 is 2.06 bits per heavy atom. The number of thiazole rings is 1. The average molecular weight is 478 g/mol. The van der Waals surface area contributed by atoms with Crippen LogP contribution in [0.3, 0.4) is 0 Å². The van der Waals surface area contributed by atoms with Crippen LogP contribution in [0.4, 0.5) is 0 Å². The van der Waals surface area contributed by atoms with Crippen molar-refractivity contribution in [1.29, 1.82) is 0 Å². The molecular formula is C23H28ClN3O4S. The molecule has 0 N–H and O–H groups in total. The van der Waals surface area contributed by atoms with E-state index in [2.05, 4.69) is 4.98 Å². The van der Waals surface area contributed by atoms with Crippen molar-refractivity contribution in [2.75, 3.05) is 46.0 Å². The van der Waals surface area contributed by atoms with Gasteiger partial charge in [-0.25, -0.2) is 4.98 Å². The van der Waals surface area contributed by atoms with Crippen molar-refractivity contribution in [2.24, 2.45) is 5.41 Å². The van der Waals surface area contributed by atoms with Gasteiger partial charge < -0.3 is 19.3 Å². The third kappa shape index (κ3) is 5.42. The summed E-state index contributed by atoms with van der Waals surface area (Å²) in [5.41, 5.74) is 1.98. The normalized spacial score (nSPS) is 21.4. The van der Waals surface area contributed by atoms with E-state index in [0.717, 1.165) is 18.5 Å². The number of likely N-dealkylation sites (tertiary alicyclic amines) is 1. The summed E-state index contributed by atoms with van der Waals surface area (Å²) in [6.07, 6.45) is 1.97. The number of carbonyl (C=O) groups is 2. The number of ether oxygens (including phenoxy) is 2. The Morgan fingerprint density at radius 3 is 2.78 bits per heavy atom. The highest BCUT2D eigenvalue weighted by atomic mass is 35.5. The summed E-state index contributed by atoms with van der Waals surface area (Å²) in [6.45, 7) is 5.67. The number of benzene rings is 1. The molecule has 2 amide bonds. The van der Waals surface area contributed by atoms with E-state index in [0.29, 0.717) is 68.1 Å². The van der Waals surface area contributed by atoms with Gasteiger partial charge in [-0.05, 0) is 38.0 Å². The summed E-state index contributed by atoms with van der Waals surface area (Å²) >= 11 is 7.48. The molecule has 32 heavy (non-hydrogen) atoms. The first-order valence-electron chi connectivity index (χ1n) is 10.9. The molecule has 0 saturated carbocycles. The van der Waals surface area contributed by atoms with Gasteiger partial charge in [-0.15, -0.1) is 11.3 Å².